The van der Waals surface area contributed by atoms with Crippen LogP contribution in [0.3, 0.4) is 0 Å². The summed E-state index contributed by atoms with van der Waals surface area (Å²) < 4.78 is 0. The van der Waals surface area contributed by atoms with Crippen LogP contribution < -0.4 is 0 Å². The molecule has 2 heteroatoms. The quantitative estimate of drug-likeness (QED) is 0.414. The fourth-order valence-electron chi connectivity index (χ4n) is 8.58. The molecule has 29 heavy (non-hydrogen) atoms. The van der Waals surface area contributed by atoms with E-state index in [1.54, 1.807) is 0 Å². The molecular weight excluding hydrogens is 354 g/mol. The number of hydrogen-bond donors (Lipinski definition) is 1. The molecule has 0 aromatic rings. The first-order chi connectivity index (χ1) is 13.6. The Morgan fingerprint density at radius 1 is 1.03 bits per heavy atom. The first kappa shape index (κ1) is 21.4. The van der Waals surface area contributed by atoms with Gasteiger partial charge in [0.15, 0.2) is 5.60 Å². The van der Waals surface area contributed by atoms with Gasteiger partial charge in [0.2, 0.25) is 0 Å². The summed E-state index contributed by atoms with van der Waals surface area (Å²) in [5.74, 6) is 5.09. The molecule has 3 fully saturated rings. The van der Waals surface area contributed by atoms with Crippen LogP contribution in [0, 0.1) is 57.7 Å². The SMILES string of the molecule is CC(C)CC[C@@H](C)[C@H]1CC[C@H]2[C@@H]3CCC4=C[C@](O)(C#N)CC[C@]4(C)[C@H]3CC[C@]12C. The van der Waals surface area contributed by atoms with Crippen LogP contribution in [0.5, 0.6) is 0 Å². The fourth-order valence-corrected chi connectivity index (χ4v) is 8.58. The summed E-state index contributed by atoms with van der Waals surface area (Å²) in [6, 6.07) is 2.16. The molecule has 4 aliphatic carbocycles. The summed E-state index contributed by atoms with van der Waals surface area (Å²) in [5, 5.41) is 20.0. The molecule has 4 aliphatic rings. The van der Waals surface area contributed by atoms with Crippen LogP contribution in [-0.4, -0.2) is 10.7 Å². The second kappa shape index (κ2) is 7.40. The summed E-state index contributed by atoms with van der Waals surface area (Å²) >= 11 is 0. The van der Waals surface area contributed by atoms with Crippen molar-refractivity contribution >= 4 is 0 Å². The lowest BCUT2D eigenvalue weighted by Gasteiger charge is -2.59. The normalized spacial score (nSPS) is 47.6. The molecule has 0 saturated heterocycles. The molecule has 0 unspecified atom stereocenters. The van der Waals surface area contributed by atoms with Crippen LogP contribution in [0.25, 0.3) is 0 Å². The van der Waals surface area contributed by atoms with Gasteiger partial charge in [-0.05, 0) is 104 Å². The zero-order valence-corrected chi connectivity index (χ0v) is 19.5. The number of rotatable bonds is 4. The fraction of sp³-hybridized carbons (Fsp3) is 0.889. The lowest BCUT2D eigenvalue weighted by Crippen LogP contribution is -2.52. The van der Waals surface area contributed by atoms with Gasteiger partial charge in [-0.2, -0.15) is 5.26 Å². The van der Waals surface area contributed by atoms with Crippen LogP contribution >= 0.6 is 0 Å². The lowest BCUT2D eigenvalue weighted by molar-refractivity contribution is -0.0656. The number of nitriles is 1. The Morgan fingerprint density at radius 2 is 1.79 bits per heavy atom. The maximum absolute atomic E-state index is 10.6. The summed E-state index contributed by atoms with van der Waals surface area (Å²) in [4.78, 5) is 0. The van der Waals surface area contributed by atoms with E-state index in [1.807, 2.05) is 6.08 Å². The van der Waals surface area contributed by atoms with Crippen LogP contribution in [-0.2, 0) is 0 Å². The van der Waals surface area contributed by atoms with Gasteiger partial charge >= 0.3 is 0 Å². The second-order valence-electron chi connectivity index (χ2n) is 12.2. The van der Waals surface area contributed by atoms with E-state index in [-0.39, 0.29) is 5.41 Å². The molecular formula is C27H43NO. The molecule has 1 N–H and O–H groups in total. The van der Waals surface area contributed by atoms with Crippen LogP contribution in [0.15, 0.2) is 11.6 Å². The Morgan fingerprint density at radius 3 is 2.48 bits per heavy atom. The average Bonchev–Trinajstić information content (AvgIpc) is 3.04. The molecule has 162 valence electrons. The molecule has 0 aliphatic heterocycles. The van der Waals surface area contributed by atoms with Gasteiger partial charge in [-0.15, -0.1) is 0 Å². The summed E-state index contributed by atoms with van der Waals surface area (Å²) in [7, 11) is 0. The first-order valence-corrected chi connectivity index (χ1v) is 12.5. The average molecular weight is 398 g/mol. The highest BCUT2D eigenvalue weighted by molar-refractivity contribution is 5.32. The number of nitrogens with zero attached hydrogens (tertiary/aromatic N) is 1. The van der Waals surface area contributed by atoms with Gasteiger partial charge in [-0.1, -0.05) is 53.0 Å². The summed E-state index contributed by atoms with van der Waals surface area (Å²) in [6.45, 7) is 12.4. The molecule has 4 rings (SSSR count). The van der Waals surface area contributed by atoms with Crippen molar-refractivity contribution in [3.63, 3.8) is 0 Å². The number of allylic oxidation sites excluding steroid dienone is 1. The van der Waals surface area contributed by atoms with E-state index in [0.29, 0.717) is 11.8 Å². The Kier molecular flexibility index (Phi) is 5.47. The van der Waals surface area contributed by atoms with Crippen molar-refractivity contribution in [1.29, 1.82) is 5.26 Å². The lowest BCUT2D eigenvalue weighted by atomic mass is 9.46. The minimum atomic E-state index is -1.21. The molecule has 0 spiro atoms. The van der Waals surface area contributed by atoms with Gasteiger partial charge < -0.3 is 5.11 Å². The third-order valence-electron chi connectivity index (χ3n) is 10.3. The molecule has 2 nitrogen and oxygen atoms in total. The maximum atomic E-state index is 10.6. The standard InChI is InChI=1S/C27H43NO/c1-18(2)6-7-19(3)22-10-11-23-21-9-8-20-16-27(29,17-28)15-14-25(20,4)24(21)12-13-26(22,23)5/h16,18-19,21-24,29H,6-15H2,1-5H3/t19-,21+,22-,23+,24+,25+,26-,27+/m1/s1. The highest BCUT2D eigenvalue weighted by atomic mass is 16.3. The van der Waals surface area contributed by atoms with Crippen LogP contribution in [0.2, 0.25) is 0 Å². The van der Waals surface area contributed by atoms with Crippen molar-refractivity contribution < 1.29 is 5.11 Å². The molecule has 0 aromatic carbocycles. The third-order valence-corrected chi connectivity index (χ3v) is 10.3. The second-order valence-corrected chi connectivity index (χ2v) is 12.2. The van der Waals surface area contributed by atoms with E-state index < -0.39 is 5.60 Å². The molecule has 0 heterocycles. The van der Waals surface area contributed by atoms with Crippen molar-refractivity contribution in [2.45, 2.75) is 104 Å². The van der Waals surface area contributed by atoms with Gasteiger partial charge in [0.1, 0.15) is 6.07 Å². The van der Waals surface area contributed by atoms with Crippen LogP contribution in [0.1, 0.15) is 98.8 Å². The van der Waals surface area contributed by atoms with E-state index in [9.17, 15) is 10.4 Å². The Labute approximate surface area is 179 Å². The predicted octanol–water partition coefficient (Wildman–Crippen LogP) is 6.89. The van der Waals surface area contributed by atoms with Crippen molar-refractivity contribution in [2.75, 3.05) is 0 Å². The number of fused-ring (bicyclic) bond motifs is 5. The van der Waals surface area contributed by atoms with Crippen molar-refractivity contribution in [1.82, 2.24) is 0 Å². The van der Waals surface area contributed by atoms with Gasteiger partial charge in [-0.3, -0.25) is 0 Å². The number of aliphatic hydroxyl groups is 1. The van der Waals surface area contributed by atoms with Crippen LogP contribution in [0.4, 0.5) is 0 Å². The topological polar surface area (TPSA) is 44.0 Å². The molecule has 0 bridgehead atoms. The minimum Gasteiger partial charge on any atom is -0.372 e. The largest absolute Gasteiger partial charge is 0.372 e. The zero-order chi connectivity index (χ0) is 21.0. The van der Waals surface area contributed by atoms with Gasteiger partial charge in [0.25, 0.3) is 0 Å². The monoisotopic (exact) mass is 397 g/mol. The molecule has 0 aromatic heterocycles. The van der Waals surface area contributed by atoms with E-state index >= 15 is 0 Å². The van der Waals surface area contributed by atoms with Crippen molar-refractivity contribution in [3.05, 3.63) is 11.6 Å². The van der Waals surface area contributed by atoms with E-state index in [1.165, 1.54) is 50.5 Å². The van der Waals surface area contributed by atoms with E-state index in [2.05, 4.69) is 40.7 Å². The van der Waals surface area contributed by atoms with Crippen molar-refractivity contribution in [2.24, 2.45) is 46.3 Å². The molecule has 8 atom stereocenters. The van der Waals surface area contributed by atoms with Gasteiger partial charge in [0.05, 0.1) is 0 Å². The van der Waals surface area contributed by atoms with E-state index in [4.69, 9.17) is 0 Å². The third kappa shape index (κ3) is 3.40. The Hall–Kier alpha value is -0.810. The Balaban J connectivity index is 1.55. The maximum Gasteiger partial charge on any atom is 0.169 e. The molecule has 0 radical (unpaired) electrons. The Bertz CT molecular complexity index is 704. The smallest absolute Gasteiger partial charge is 0.169 e. The van der Waals surface area contributed by atoms with Crippen molar-refractivity contribution in [3.8, 4) is 6.07 Å². The van der Waals surface area contributed by atoms with E-state index in [0.717, 1.165) is 48.3 Å². The number of hydrogen-bond acceptors (Lipinski definition) is 2. The first-order valence-electron chi connectivity index (χ1n) is 12.5. The van der Waals surface area contributed by atoms with Gasteiger partial charge in [-0.25, -0.2) is 0 Å². The summed E-state index contributed by atoms with van der Waals surface area (Å²) in [5.41, 5.74) is 0.943. The van der Waals surface area contributed by atoms with Gasteiger partial charge in [0, 0.05) is 0 Å². The highest BCUT2D eigenvalue weighted by Gasteiger charge is 2.60. The summed E-state index contributed by atoms with van der Waals surface area (Å²) in [6.07, 6.45) is 14.3. The highest BCUT2D eigenvalue weighted by Crippen LogP contribution is 2.68. The predicted molar refractivity (Wildman–Crippen MR) is 119 cm³/mol. The molecule has 3 saturated carbocycles. The molecule has 0 amide bonds. The zero-order valence-electron chi connectivity index (χ0n) is 19.5. The minimum absolute atomic E-state index is 0.217.